The van der Waals surface area contributed by atoms with E-state index in [4.69, 9.17) is 5.21 Å². The predicted octanol–water partition coefficient (Wildman–Crippen LogP) is 1.86. The second-order valence-corrected chi connectivity index (χ2v) is 7.57. The first-order valence-electron chi connectivity index (χ1n) is 7.54. The van der Waals surface area contributed by atoms with Gasteiger partial charge in [-0.05, 0) is 30.2 Å². The Labute approximate surface area is 153 Å². The van der Waals surface area contributed by atoms with E-state index in [2.05, 4.69) is 0 Å². The van der Waals surface area contributed by atoms with E-state index in [1.807, 2.05) is 30.3 Å². The molecule has 0 spiro atoms. The summed E-state index contributed by atoms with van der Waals surface area (Å²) in [5, 5.41) is 18.5. The van der Waals surface area contributed by atoms with Gasteiger partial charge in [0, 0.05) is 7.05 Å². The lowest BCUT2D eigenvalue weighted by molar-refractivity contribution is -0.136. The maximum absolute atomic E-state index is 12.7. The van der Waals surface area contributed by atoms with Crippen molar-refractivity contribution < 1.29 is 23.5 Å². The van der Waals surface area contributed by atoms with Crippen LogP contribution in [0.15, 0.2) is 59.5 Å². The number of rotatable bonds is 6. The summed E-state index contributed by atoms with van der Waals surface area (Å²) in [6.07, 6.45) is -1.31. The van der Waals surface area contributed by atoms with E-state index in [0.717, 1.165) is 15.4 Å². The molecule has 0 fully saturated rings. The van der Waals surface area contributed by atoms with E-state index in [1.54, 1.807) is 12.1 Å². The van der Waals surface area contributed by atoms with E-state index in [-0.39, 0.29) is 12.3 Å². The Balaban J connectivity index is 0.00000338. The molecule has 2 aromatic carbocycles. The van der Waals surface area contributed by atoms with Crippen molar-refractivity contribution in [2.24, 2.45) is 0 Å². The number of nitrogens with zero attached hydrogens (tertiary/aromatic N) is 1. The van der Waals surface area contributed by atoms with E-state index < -0.39 is 28.1 Å². The standard InChI is InChI=1S/C17H20N2O5S.CH4/c1-12(20)16(17(21)18-22)19(2)25(23,24)15-10-8-14(9-11-15)13-6-4-3-5-7-13;/h3-12,16,20,22H,1-2H3,(H,18,21);1H4/t12-,16+;/m1./s1. The number of carbonyl (C=O) groups is 1. The molecule has 2 aromatic rings. The summed E-state index contributed by atoms with van der Waals surface area (Å²) in [5.74, 6) is -1.01. The summed E-state index contributed by atoms with van der Waals surface area (Å²) in [7, 11) is -2.86. The quantitative estimate of drug-likeness (QED) is 0.524. The van der Waals surface area contributed by atoms with Gasteiger partial charge in [0.25, 0.3) is 5.91 Å². The van der Waals surface area contributed by atoms with Crippen LogP contribution in [0, 0.1) is 0 Å². The van der Waals surface area contributed by atoms with Crippen LogP contribution in [0.2, 0.25) is 0 Å². The van der Waals surface area contributed by atoms with Crippen LogP contribution in [0.25, 0.3) is 11.1 Å². The Bertz CT molecular complexity index is 820. The van der Waals surface area contributed by atoms with Gasteiger partial charge in [-0.25, -0.2) is 13.9 Å². The average Bonchev–Trinajstić information content (AvgIpc) is 2.62. The van der Waals surface area contributed by atoms with Crippen LogP contribution in [-0.2, 0) is 14.8 Å². The Morgan fingerprint density at radius 1 is 1.04 bits per heavy atom. The van der Waals surface area contributed by atoms with Crippen molar-refractivity contribution in [3.8, 4) is 11.1 Å². The summed E-state index contributed by atoms with van der Waals surface area (Å²) in [6.45, 7) is 1.27. The number of hydrogen-bond acceptors (Lipinski definition) is 5. The van der Waals surface area contributed by atoms with Gasteiger partial charge >= 0.3 is 0 Å². The molecule has 8 heteroatoms. The Morgan fingerprint density at radius 2 is 1.54 bits per heavy atom. The van der Waals surface area contributed by atoms with E-state index in [1.165, 1.54) is 31.6 Å². The van der Waals surface area contributed by atoms with E-state index in [0.29, 0.717) is 0 Å². The molecule has 3 N–H and O–H groups in total. The minimum atomic E-state index is -4.04. The molecule has 1 amide bonds. The lowest BCUT2D eigenvalue weighted by Crippen LogP contribution is -2.52. The number of aliphatic hydroxyl groups is 1. The maximum Gasteiger partial charge on any atom is 0.264 e. The van der Waals surface area contributed by atoms with Gasteiger partial charge in [0.1, 0.15) is 6.04 Å². The van der Waals surface area contributed by atoms with Crippen molar-refractivity contribution in [3.63, 3.8) is 0 Å². The van der Waals surface area contributed by atoms with Gasteiger partial charge in [-0.15, -0.1) is 0 Å². The van der Waals surface area contributed by atoms with Crippen LogP contribution in [0.1, 0.15) is 14.4 Å². The first-order valence-corrected chi connectivity index (χ1v) is 8.98. The fourth-order valence-corrected chi connectivity index (χ4v) is 3.90. The third kappa shape index (κ3) is 4.47. The minimum Gasteiger partial charge on any atom is -0.391 e. The van der Waals surface area contributed by atoms with Gasteiger partial charge in [-0.2, -0.15) is 4.31 Å². The molecule has 0 aromatic heterocycles. The van der Waals surface area contributed by atoms with Crippen molar-refractivity contribution >= 4 is 15.9 Å². The predicted molar refractivity (Wildman–Crippen MR) is 99.0 cm³/mol. The van der Waals surface area contributed by atoms with Crippen molar-refractivity contribution in [3.05, 3.63) is 54.6 Å². The number of benzene rings is 2. The molecule has 0 aliphatic heterocycles. The molecule has 0 saturated carbocycles. The molecule has 142 valence electrons. The number of amides is 1. The second kappa shape index (κ2) is 8.91. The monoisotopic (exact) mass is 380 g/mol. The lowest BCUT2D eigenvalue weighted by atomic mass is 10.1. The number of carbonyl (C=O) groups excluding carboxylic acids is 1. The van der Waals surface area contributed by atoms with Crippen molar-refractivity contribution in [2.75, 3.05) is 7.05 Å². The molecule has 26 heavy (non-hydrogen) atoms. The topological polar surface area (TPSA) is 107 Å². The SMILES string of the molecule is C.C[C@@H](O)[C@@H](C(=O)NO)N(C)S(=O)(=O)c1ccc(-c2ccccc2)cc1. The average molecular weight is 380 g/mol. The molecule has 0 bridgehead atoms. The second-order valence-electron chi connectivity index (χ2n) is 5.57. The van der Waals surface area contributed by atoms with Gasteiger partial charge in [0.15, 0.2) is 0 Å². The number of hydrogen-bond donors (Lipinski definition) is 3. The number of nitrogens with one attached hydrogen (secondary N) is 1. The fourth-order valence-electron chi connectivity index (χ4n) is 2.52. The molecule has 7 nitrogen and oxygen atoms in total. The zero-order valence-corrected chi connectivity index (χ0v) is 14.6. The smallest absolute Gasteiger partial charge is 0.264 e. The van der Waals surface area contributed by atoms with Gasteiger partial charge in [-0.1, -0.05) is 49.9 Å². The van der Waals surface area contributed by atoms with Gasteiger partial charge in [-0.3, -0.25) is 10.0 Å². The number of hydroxylamine groups is 1. The van der Waals surface area contributed by atoms with Gasteiger partial charge in [0.2, 0.25) is 10.0 Å². The highest BCUT2D eigenvalue weighted by Gasteiger charge is 2.36. The summed E-state index contributed by atoms with van der Waals surface area (Å²) in [5.41, 5.74) is 3.17. The highest BCUT2D eigenvalue weighted by molar-refractivity contribution is 7.89. The molecule has 0 radical (unpaired) electrons. The van der Waals surface area contributed by atoms with E-state index >= 15 is 0 Å². The molecule has 0 aliphatic carbocycles. The molecule has 0 saturated heterocycles. The van der Waals surface area contributed by atoms with Gasteiger partial charge < -0.3 is 5.11 Å². The third-order valence-electron chi connectivity index (χ3n) is 3.87. The highest BCUT2D eigenvalue weighted by atomic mass is 32.2. The third-order valence-corrected chi connectivity index (χ3v) is 5.72. The van der Waals surface area contributed by atoms with Crippen LogP contribution in [0.5, 0.6) is 0 Å². The van der Waals surface area contributed by atoms with Crippen LogP contribution in [0.4, 0.5) is 0 Å². The minimum absolute atomic E-state index is 0. The number of likely N-dealkylation sites (N-methyl/N-ethyl adjacent to an activating group) is 1. The summed E-state index contributed by atoms with van der Waals surface area (Å²) < 4.78 is 26.1. The zero-order valence-electron chi connectivity index (χ0n) is 13.8. The normalized spacial score (nSPS) is 13.6. The number of aliphatic hydroxyl groups excluding tert-OH is 1. The lowest BCUT2D eigenvalue weighted by Gasteiger charge is -2.27. The zero-order chi connectivity index (χ0) is 18.6. The molecule has 2 atom stereocenters. The van der Waals surface area contributed by atoms with Crippen LogP contribution in [0.3, 0.4) is 0 Å². The summed E-state index contributed by atoms with van der Waals surface area (Å²) in [6, 6.07) is 14.2. The maximum atomic E-state index is 12.7. The van der Waals surface area contributed by atoms with Crippen molar-refractivity contribution in [2.45, 2.75) is 31.4 Å². The fraction of sp³-hybridized carbons (Fsp3) is 0.278. The molecular weight excluding hydrogens is 356 g/mol. The summed E-state index contributed by atoms with van der Waals surface area (Å²) in [4.78, 5) is 11.7. The molecule has 0 unspecified atom stereocenters. The molecular formula is C18H24N2O5S. The largest absolute Gasteiger partial charge is 0.391 e. The van der Waals surface area contributed by atoms with Crippen LogP contribution < -0.4 is 5.48 Å². The Kier molecular flexibility index (Phi) is 7.46. The first-order chi connectivity index (χ1) is 11.8. The molecule has 2 rings (SSSR count). The van der Waals surface area contributed by atoms with Crippen LogP contribution >= 0.6 is 0 Å². The molecule has 0 heterocycles. The van der Waals surface area contributed by atoms with E-state index in [9.17, 15) is 18.3 Å². The first kappa shape index (κ1) is 21.8. The Morgan fingerprint density at radius 3 is 2.00 bits per heavy atom. The number of sulfonamides is 1. The van der Waals surface area contributed by atoms with Crippen molar-refractivity contribution in [1.29, 1.82) is 0 Å². The van der Waals surface area contributed by atoms with Crippen LogP contribution in [-0.4, -0.2) is 48.1 Å². The highest BCUT2D eigenvalue weighted by Crippen LogP contribution is 2.23. The molecule has 0 aliphatic rings. The Hall–Kier alpha value is -2.26. The van der Waals surface area contributed by atoms with Gasteiger partial charge in [0.05, 0.1) is 11.0 Å². The van der Waals surface area contributed by atoms with Crippen molar-refractivity contribution in [1.82, 2.24) is 9.79 Å². The summed E-state index contributed by atoms with van der Waals surface area (Å²) >= 11 is 0.